The molecule has 0 aromatic heterocycles. The maximum atomic E-state index is 11.6. The summed E-state index contributed by atoms with van der Waals surface area (Å²) in [6.07, 6.45) is 4.95. The van der Waals surface area contributed by atoms with Crippen molar-refractivity contribution >= 4 is 12.0 Å². The van der Waals surface area contributed by atoms with Crippen molar-refractivity contribution in [1.29, 1.82) is 0 Å². The van der Waals surface area contributed by atoms with E-state index in [2.05, 4.69) is 10.6 Å². The van der Waals surface area contributed by atoms with Gasteiger partial charge in [0.1, 0.15) is 5.54 Å². The number of amides is 2. The Labute approximate surface area is 101 Å². The first kappa shape index (κ1) is 12.2. The standard InChI is InChI=1S/C12H20N2O3/c1-11(2,9(15)16)14-10(17)13-7-12(5-6-12)8-3-4-8/h8H,3-7H2,1-2H3,(H,15,16)(H2,13,14,17). The molecule has 2 amide bonds. The molecule has 2 rings (SSSR count). The summed E-state index contributed by atoms with van der Waals surface area (Å²) >= 11 is 0. The average molecular weight is 240 g/mol. The minimum Gasteiger partial charge on any atom is -0.480 e. The molecule has 0 aromatic rings. The van der Waals surface area contributed by atoms with Crippen LogP contribution >= 0.6 is 0 Å². The van der Waals surface area contributed by atoms with Crippen LogP contribution in [-0.2, 0) is 4.79 Å². The lowest BCUT2D eigenvalue weighted by atomic mass is 10.0. The molecule has 3 N–H and O–H groups in total. The van der Waals surface area contributed by atoms with Crippen molar-refractivity contribution in [1.82, 2.24) is 10.6 Å². The van der Waals surface area contributed by atoms with Gasteiger partial charge in [-0.3, -0.25) is 0 Å². The minimum absolute atomic E-state index is 0.338. The highest BCUT2D eigenvalue weighted by Gasteiger charge is 2.53. The van der Waals surface area contributed by atoms with Gasteiger partial charge in [-0.15, -0.1) is 0 Å². The quantitative estimate of drug-likeness (QED) is 0.678. The van der Waals surface area contributed by atoms with Crippen LogP contribution in [0.1, 0.15) is 39.5 Å². The molecule has 0 unspecified atom stereocenters. The number of urea groups is 1. The number of rotatable bonds is 5. The Morgan fingerprint density at radius 1 is 1.35 bits per heavy atom. The molecule has 0 aliphatic heterocycles. The summed E-state index contributed by atoms with van der Waals surface area (Å²) in [5.74, 6) is -0.244. The van der Waals surface area contributed by atoms with Crippen LogP contribution in [0, 0.1) is 11.3 Å². The second-order valence-corrected chi connectivity index (χ2v) is 5.87. The van der Waals surface area contributed by atoms with Gasteiger partial charge >= 0.3 is 12.0 Å². The van der Waals surface area contributed by atoms with E-state index >= 15 is 0 Å². The van der Waals surface area contributed by atoms with Crippen molar-refractivity contribution < 1.29 is 14.7 Å². The Balaban J connectivity index is 1.76. The van der Waals surface area contributed by atoms with Crippen molar-refractivity contribution in [2.24, 2.45) is 11.3 Å². The normalized spacial score (nSPS) is 21.8. The molecule has 0 spiro atoms. The molecule has 5 heteroatoms. The SMILES string of the molecule is CC(C)(NC(=O)NCC1(C2CC2)CC1)C(=O)O. The van der Waals surface area contributed by atoms with E-state index in [9.17, 15) is 9.59 Å². The van der Waals surface area contributed by atoms with Crippen LogP contribution in [-0.4, -0.2) is 29.2 Å². The molecule has 0 radical (unpaired) electrons. The van der Waals surface area contributed by atoms with Gasteiger partial charge in [0.25, 0.3) is 0 Å². The van der Waals surface area contributed by atoms with E-state index in [-0.39, 0.29) is 6.03 Å². The third kappa shape index (κ3) is 2.70. The highest BCUT2D eigenvalue weighted by molar-refractivity contribution is 5.85. The van der Waals surface area contributed by atoms with E-state index in [4.69, 9.17) is 5.11 Å². The number of hydrogen-bond acceptors (Lipinski definition) is 2. The van der Waals surface area contributed by atoms with Gasteiger partial charge in [0.05, 0.1) is 0 Å². The Kier molecular flexibility index (Phi) is 2.79. The maximum Gasteiger partial charge on any atom is 0.328 e. The fourth-order valence-electron chi connectivity index (χ4n) is 2.22. The topological polar surface area (TPSA) is 78.4 Å². The molecule has 2 saturated carbocycles. The first-order valence-corrected chi connectivity index (χ1v) is 6.15. The highest BCUT2D eigenvalue weighted by Crippen LogP contribution is 2.60. The molecular formula is C12H20N2O3. The van der Waals surface area contributed by atoms with Crippen molar-refractivity contribution in [2.75, 3.05) is 6.54 Å². The van der Waals surface area contributed by atoms with E-state index in [1.165, 1.54) is 39.5 Å². The summed E-state index contributed by atoms with van der Waals surface area (Å²) < 4.78 is 0. The Morgan fingerprint density at radius 2 is 1.94 bits per heavy atom. The van der Waals surface area contributed by atoms with Gasteiger partial charge in [-0.2, -0.15) is 0 Å². The lowest BCUT2D eigenvalue weighted by Crippen LogP contribution is -2.53. The fourth-order valence-corrected chi connectivity index (χ4v) is 2.22. The van der Waals surface area contributed by atoms with E-state index in [0.717, 1.165) is 5.92 Å². The zero-order valence-electron chi connectivity index (χ0n) is 10.4. The van der Waals surface area contributed by atoms with Crippen molar-refractivity contribution in [3.05, 3.63) is 0 Å². The van der Waals surface area contributed by atoms with E-state index < -0.39 is 11.5 Å². The van der Waals surface area contributed by atoms with Gasteiger partial charge in [-0.25, -0.2) is 9.59 Å². The lowest BCUT2D eigenvalue weighted by molar-refractivity contribution is -0.142. The number of nitrogens with one attached hydrogen (secondary N) is 2. The predicted molar refractivity (Wildman–Crippen MR) is 62.6 cm³/mol. The smallest absolute Gasteiger partial charge is 0.328 e. The molecule has 2 fully saturated rings. The molecule has 2 aliphatic carbocycles. The summed E-state index contributed by atoms with van der Waals surface area (Å²) in [6.45, 7) is 3.63. The van der Waals surface area contributed by atoms with Gasteiger partial charge in [0.15, 0.2) is 0 Å². The van der Waals surface area contributed by atoms with E-state index in [0.29, 0.717) is 12.0 Å². The Morgan fingerprint density at radius 3 is 2.35 bits per heavy atom. The third-order valence-electron chi connectivity index (χ3n) is 3.90. The number of carboxylic acid groups (broad SMARTS) is 1. The van der Waals surface area contributed by atoms with Crippen LogP contribution in [0.4, 0.5) is 4.79 Å². The van der Waals surface area contributed by atoms with Crippen molar-refractivity contribution in [3.8, 4) is 0 Å². The summed E-state index contributed by atoms with van der Waals surface area (Å²) in [5.41, 5.74) is -0.884. The summed E-state index contributed by atoms with van der Waals surface area (Å²) in [5, 5.41) is 14.2. The Hall–Kier alpha value is -1.26. The number of hydrogen-bond donors (Lipinski definition) is 3. The molecule has 96 valence electrons. The van der Waals surface area contributed by atoms with Crippen LogP contribution < -0.4 is 10.6 Å². The highest BCUT2D eigenvalue weighted by atomic mass is 16.4. The monoisotopic (exact) mass is 240 g/mol. The van der Waals surface area contributed by atoms with Crippen LogP contribution in [0.2, 0.25) is 0 Å². The van der Waals surface area contributed by atoms with Gasteiger partial charge in [0, 0.05) is 6.54 Å². The zero-order valence-corrected chi connectivity index (χ0v) is 10.4. The first-order valence-electron chi connectivity index (χ1n) is 6.15. The summed E-state index contributed by atoms with van der Waals surface area (Å²) in [7, 11) is 0. The minimum atomic E-state index is -1.22. The molecule has 0 heterocycles. The number of carbonyl (C=O) groups excluding carboxylic acids is 1. The average Bonchev–Trinajstić information content (AvgIpc) is 3.07. The van der Waals surface area contributed by atoms with Crippen LogP contribution in [0.5, 0.6) is 0 Å². The predicted octanol–water partition coefficient (Wildman–Crippen LogP) is 1.34. The van der Waals surface area contributed by atoms with Crippen LogP contribution in [0.3, 0.4) is 0 Å². The molecule has 17 heavy (non-hydrogen) atoms. The maximum absolute atomic E-state index is 11.6. The van der Waals surface area contributed by atoms with Gasteiger partial charge < -0.3 is 15.7 Å². The molecule has 0 bridgehead atoms. The van der Waals surface area contributed by atoms with Gasteiger partial charge in [-0.1, -0.05) is 0 Å². The summed E-state index contributed by atoms with van der Waals surface area (Å²) in [6, 6.07) is -0.385. The van der Waals surface area contributed by atoms with E-state index in [1.54, 1.807) is 0 Å². The fraction of sp³-hybridized carbons (Fsp3) is 0.833. The molecule has 2 aliphatic rings. The van der Waals surface area contributed by atoms with Crippen LogP contribution in [0.25, 0.3) is 0 Å². The summed E-state index contributed by atoms with van der Waals surface area (Å²) in [4.78, 5) is 22.4. The molecule has 0 atom stereocenters. The lowest BCUT2D eigenvalue weighted by Gasteiger charge is -2.22. The van der Waals surface area contributed by atoms with E-state index in [1.807, 2.05) is 0 Å². The first-order chi connectivity index (χ1) is 7.86. The van der Waals surface area contributed by atoms with Crippen molar-refractivity contribution in [2.45, 2.75) is 45.1 Å². The van der Waals surface area contributed by atoms with Crippen molar-refractivity contribution in [3.63, 3.8) is 0 Å². The molecule has 5 nitrogen and oxygen atoms in total. The largest absolute Gasteiger partial charge is 0.480 e. The van der Waals surface area contributed by atoms with Gasteiger partial charge in [-0.05, 0) is 50.9 Å². The Bertz CT molecular complexity index is 344. The molecule has 0 saturated heterocycles. The zero-order chi connectivity index (χ0) is 12.7. The number of carboxylic acids is 1. The van der Waals surface area contributed by atoms with Gasteiger partial charge in [0.2, 0.25) is 0 Å². The van der Waals surface area contributed by atoms with Crippen LogP contribution in [0.15, 0.2) is 0 Å². The second-order valence-electron chi connectivity index (χ2n) is 5.87. The third-order valence-corrected chi connectivity index (χ3v) is 3.90. The number of carbonyl (C=O) groups is 2. The second kappa shape index (κ2) is 3.89. The molecule has 0 aromatic carbocycles. The number of aliphatic carboxylic acids is 1. The molecular weight excluding hydrogens is 220 g/mol.